The summed E-state index contributed by atoms with van der Waals surface area (Å²) < 4.78 is 0.0497. The maximum Gasteiger partial charge on any atom is 0.345 e. The van der Waals surface area contributed by atoms with E-state index in [0.717, 1.165) is 0 Å². The lowest BCUT2D eigenvalue weighted by atomic mass is 10.8. The average Bonchev–Trinajstić information content (AvgIpc) is 2.52. The van der Waals surface area contributed by atoms with Gasteiger partial charge in [0, 0.05) is 14.1 Å². The van der Waals surface area contributed by atoms with E-state index in [1.54, 1.807) is 25.9 Å². The van der Waals surface area contributed by atoms with Gasteiger partial charge in [-0.25, -0.2) is 4.79 Å². The molecule has 1 atom stereocenters. The van der Waals surface area contributed by atoms with E-state index in [1.165, 1.54) is 16.7 Å². The van der Waals surface area contributed by atoms with Crippen molar-refractivity contribution < 1.29 is 4.79 Å². The highest BCUT2D eigenvalue weighted by atomic mass is 32.2. The number of nitrogens with zero attached hydrogens (tertiary/aromatic N) is 4. The first-order valence-corrected chi connectivity index (χ1v) is 5.70. The maximum atomic E-state index is 11.1. The molecule has 0 saturated carbocycles. The van der Waals surface area contributed by atoms with Crippen LogP contribution in [-0.2, 0) is 0 Å². The van der Waals surface area contributed by atoms with Gasteiger partial charge in [-0.3, -0.25) is 0 Å². The van der Waals surface area contributed by atoms with E-state index in [1.807, 2.05) is 6.26 Å². The maximum absolute atomic E-state index is 11.1. The largest absolute Gasteiger partial charge is 0.345 e. The Morgan fingerprint density at radius 2 is 2.38 bits per heavy atom. The van der Waals surface area contributed by atoms with Gasteiger partial charge in [-0.2, -0.15) is 10.1 Å². The highest BCUT2D eigenvalue weighted by Gasteiger charge is 2.18. The highest BCUT2D eigenvalue weighted by molar-refractivity contribution is 8.25. The fraction of sp³-hybridized carbons (Fsp3) is 0.667. The van der Waals surface area contributed by atoms with E-state index >= 15 is 0 Å². The van der Waals surface area contributed by atoms with E-state index in [9.17, 15) is 4.79 Å². The third kappa shape index (κ3) is 3.00. The van der Waals surface area contributed by atoms with Crippen LogP contribution in [0.5, 0.6) is 0 Å². The molecule has 1 rings (SSSR count). The van der Waals surface area contributed by atoms with Crippen molar-refractivity contribution in [3.05, 3.63) is 0 Å². The fourth-order valence-corrected chi connectivity index (χ4v) is 1.84. The molecule has 0 aliphatic carbocycles. The molecular weight excluding hydrogens is 208 g/mol. The van der Waals surface area contributed by atoms with E-state index in [2.05, 4.69) is 15.2 Å². The Morgan fingerprint density at radius 3 is 2.85 bits per heavy atom. The van der Waals surface area contributed by atoms with Gasteiger partial charge < -0.3 is 4.90 Å². The number of amides is 2. The topological polar surface area (TPSA) is 57.4 Å². The molecule has 0 spiro atoms. The van der Waals surface area contributed by atoms with Crippen molar-refractivity contribution in [2.75, 3.05) is 20.4 Å². The molecule has 0 radical (unpaired) electrons. The zero-order valence-electron chi connectivity index (χ0n) is 7.59. The SMILES string of the molecule is CSC1N=NC(=NC(=O)N(C)C)S1. The molecule has 0 N–H and O–H groups in total. The molecule has 0 aromatic heterocycles. The standard InChI is InChI=1S/C6H10N4OS2/c1-10(2)5(11)7-4-8-9-6(12-3)13-4/h6H,1-3H3. The van der Waals surface area contributed by atoms with Crippen LogP contribution < -0.4 is 0 Å². The first-order valence-electron chi connectivity index (χ1n) is 3.53. The van der Waals surface area contributed by atoms with Crippen LogP contribution in [0.15, 0.2) is 15.2 Å². The van der Waals surface area contributed by atoms with Crippen molar-refractivity contribution >= 4 is 34.7 Å². The molecule has 0 saturated heterocycles. The van der Waals surface area contributed by atoms with Crippen LogP contribution in [0.1, 0.15) is 0 Å². The van der Waals surface area contributed by atoms with Crippen LogP contribution in [0.4, 0.5) is 4.79 Å². The minimum Gasteiger partial charge on any atom is -0.329 e. The lowest BCUT2D eigenvalue weighted by Crippen LogP contribution is -2.18. The van der Waals surface area contributed by atoms with Gasteiger partial charge in [0.15, 0.2) is 4.71 Å². The molecular formula is C6H10N4OS2. The summed E-state index contributed by atoms with van der Waals surface area (Å²) in [5.41, 5.74) is 0. The van der Waals surface area contributed by atoms with Gasteiger partial charge in [-0.1, -0.05) is 0 Å². The van der Waals surface area contributed by atoms with Crippen LogP contribution in [0, 0.1) is 0 Å². The number of hydrogen-bond acceptors (Lipinski definition) is 4. The fourth-order valence-electron chi connectivity index (χ4n) is 0.560. The summed E-state index contributed by atoms with van der Waals surface area (Å²) in [6.07, 6.45) is 1.94. The number of hydrogen-bond donors (Lipinski definition) is 0. The van der Waals surface area contributed by atoms with E-state index in [0.29, 0.717) is 5.17 Å². The summed E-state index contributed by atoms with van der Waals surface area (Å²) in [7, 11) is 3.30. The molecule has 0 bridgehead atoms. The summed E-state index contributed by atoms with van der Waals surface area (Å²) in [5.74, 6) is 0. The number of carbonyl (C=O) groups is 1. The number of azo groups is 1. The Labute approximate surface area is 85.1 Å². The van der Waals surface area contributed by atoms with E-state index in [-0.39, 0.29) is 10.7 Å². The molecule has 0 aromatic carbocycles. The van der Waals surface area contributed by atoms with Gasteiger partial charge in [-0.05, 0) is 18.0 Å². The van der Waals surface area contributed by atoms with Crippen LogP contribution in [0.25, 0.3) is 0 Å². The quantitative estimate of drug-likeness (QED) is 0.675. The van der Waals surface area contributed by atoms with Crippen molar-refractivity contribution in [2.45, 2.75) is 4.71 Å². The molecule has 0 fully saturated rings. The van der Waals surface area contributed by atoms with E-state index in [4.69, 9.17) is 0 Å². The molecule has 5 nitrogen and oxygen atoms in total. The molecule has 0 aromatic rings. The normalized spacial score (nSPS) is 23.9. The van der Waals surface area contributed by atoms with E-state index < -0.39 is 0 Å². The second-order valence-corrected chi connectivity index (χ2v) is 4.71. The van der Waals surface area contributed by atoms with Crippen LogP contribution in [0.2, 0.25) is 0 Å². The van der Waals surface area contributed by atoms with Crippen LogP contribution >= 0.6 is 23.5 Å². The van der Waals surface area contributed by atoms with Gasteiger partial charge in [0.1, 0.15) is 0 Å². The number of carbonyl (C=O) groups excluding carboxylic acids is 1. The third-order valence-corrected chi connectivity index (χ3v) is 3.26. The Kier molecular flexibility index (Phi) is 3.73. The number of aliphatic imine (C=N–C) groups is 1. The summed E-state index contributed by atoms with van der Waals surface area (Å²) in [5, 5.41) is 8.12. The van der Waals surface area contributed by atoms with Gasteiger partial charge in [0.2, 0.25) is 5.17 Å². The van der Waals surface area contributed by atoms with Crippen LogP contribution in [0.3, 0.4) is 0 Å². The van der Waals surface area contributed by atoms with Gasteiger partial charge in [0.05, 0.1) is 0 Å². The monoisotopic (exact) mass is 218 g/mol. The molecule has 2 amide bonds. The Bertz CT molecular complexity index is 263. The lowest BCUT2D eigenvalue weighted by molar-refractivity contribution is 0.227. The summed E-state index contributed by atoms with van der Waals surface area (Å²) >= 11 is 2.96. The second kappa shape index (κ2) is 4.61. The smallest absolute Gasteiger partial charge is 0.329 e. The Morgan fingerprint density at radius 1 is 1.69 bits per heavy atom. The average molecular weight is 218 g/mol. The Balaban J connectivity index is 2.56. The van der Waals surface area contributed by atoms with Crippen molar-refractivity contribution in [1.29, 1.82) is 0 Å². The molecule has 13 heavy (non-hydrogen) atoms. The molecule has 72 valence electrons. The predicted molar refractivity (Wildman–Crippen MR) is 56.3 cm³/mol. The molecule has 1 aliphatic heterocycles. The van der Waals surface area contributed by atoms with Crippen LogP contribution in [-0.4, -0.2) is 41.2 Å². The predicted octanol–water partition coefficient (Wildman–Crippen LogP) is 1.87. The molecule has 1 heterocycles. The minimum atomic E-state index is -0.303. The lowest BCUT2D eigenvalue weighted by Gasteiger charge is -2.04. The summed E-state index contributed by atoms with van der Waals surface area (Å²) in [4.78, 5) is 16.3. The molecule has 7 heteroatoms. The van der Waals surface area contributed by atoms with Gasteiger partial charge in [-0.15, -0.1) is 16.9 Å². The summed E-state index contributed by atoms with van der Waals surface area (Å²) in [6, 6.07) is -0.303. The second-order valence-electron chi connectivity index (χ2n) is 2.45. The Hall–Kier alpha value is -0.560. The third-order valence-electron chi connectivity index (χ3n) is 1.22. The number of thioether (sulfide) groups is 2. The van der Waals surface area contributed by atoms with Crippen molar-refractivity contribution in [3.63, 3.8) is 0 Å². The number of amidine groups is 1. The van der Waals surface area contributed by atoms with Crippen molar-refractivity contribution in [2.24, 2.45) is 15.2 Å². The first-order chi connectivity index (χ1) is 6.13. The first kappa shape index (κ1) is 10.5. The zero-order valence-corrected chi connectivity index (χ0v) is 9.22. The van der Waals surface area contributed by atoms with Gasteiger partial charge in [0.25, 0.3) is 0 Å². The molecule has 1 aliphatic rings. The molecule has 1 unspecified atom stereocenters. The van der Waals surface area contributed by atoms with Crippen molar-refractivity contribution in [3.8, 4) is 0 Å². The zero-order chi connectivity index (χ0) is 9.84. The minimum absolute atomic E-state index is 0.0497. The highest BCUT2D eigenvalue weighted by Crippen LogP contribution is 2.30. The summed E-state index contributed by atoms with van der Waals surface area (Å²) in [6.45, 7) is 0. The van der Waals surface area contributed by atoms with Gasteiger partial charge >= 0.3 is 6.03 Å². The number of urea groups is 1. The van der Waals surface area contributed by atoms with Crippen molar-refractivity contribution in [1.82, 2.24) is 4.90 Å². The number of rotatable bonds is 1.